The van der Waals surface area contributed by atoms with Gasteiger partial charge in [0.05, 0.1) is 14.2 Å². The molecule has 0 fully saturated rings. The van der Waals surface area contributed by atoms with E-state index < -0.39 is 0 Å². The standard InChI is InChI=1S/C11H17NO2.BrH/c1-12-7-6-9-4-5-10(13-2)11(8-9)14-3;/h4-5,8,12H,6-7H2,1-3H3;1H. The highest BCUT2D eigenvalue weighted by Crippen LogP contribution is 2.27. The predicted octanol–water partition coefficient (Wildman–Crippen LogP) is 2.04. The van der Waals surface area contributed by atoms with Crippen molar-refractivity contribution >= 4 is 17.0 Å². The minimum Gasteiger partial charge on any atom is -0.493 e. The number of hydrogen-bond donors (Lipinski definition) is 1. The molecular weight excluding hydrogens is 258 g/mol. The summed E-state index contributed by atoms with van der Waals surface area (Å²) in [5, 5.41) is 3.11. The molecule has 1 aromatic carbocycles. The molecule has 86 valence electrons. The van der Waals surface area contributed by atoms with Crippen LogP contribution < -0.4 is 14.8 Å². The number of halogens is 1. The number of likely N-dealkylation sites (N-methyl/N-ethyl adjacent to an activating group) is 1. The Labute approximate surface area is 102 Å². The molecule has 0 aliphatic heterocycles. The third kappa shape index (κ3) is 4.10. The fraction of sp³-hybridized carbons (Fsp3) is 0.455. The average Bonchev–Trinajstić information content (AvgIpc) is 2.25. The van der Waals surface area contributed by atoms with Crippen LogP contribution in [0.4, 0.5) is 0 Å². The summed E-state index contributed by atoms with van der Waals surface area (Å²) in [6, 6.07) is 6.00. The van der Waals surface area contributed by atoms with E-state index in [1.54, 1.807) is 14.2 Å². The summed E-state index contributed by atoms with van der Waals surface area (Å²) in [6.45, 7) is 0.968. The van der Waals surface area contributed by atoms with E-state index in [9.17, 15) is 0 Å². The Morgan fingerprint density at radius 3 is 2.33 bits per heavy atom. The van der Waals surface area contributed by atoms with Crippen molar-refractivity contribution in [3.05, 3.63) is 23.8 Å². The molecule has 1 rings (SSSR count). The van der Waals surface area contributed by atoms with Crippen molar-refractivity contribution in [1.82, 2.24) is 5.32 Å². The van der Waals surface area contributed by atoms with Gasteiger partial charge < -0.3 is 14.8 Å². The van der Waals surface area contributed by atoms with Crippen LogP contribution in [0.2, 0.25) is 0 Å². The number of ether oxygens (including phenoxy) is 2. The Balaban J connectivity index is 0.00000196. The first-order valence-electron chi connectivity index (χ1n) is 4.67. The van der Waals surface area contributed by atoms with E-state index in [2.05, 4.69) is 11.4 Å². The van der Waals surface area contributed by atoms with Gasteiger partial charge in [-0.05, 0) is 37.7 Å². The van der Waals surface area contributed by atoms with E-state index >= 15 is 0 Å². The van der Waals surface area contributed by atoms with Gasteiger partial charge in [0.25, 0.3) is 0 Å². The Kier molecular flexibility index (Phi) is 7.17. The Hall–Kier alpha value is -0.740. The van der Waals surface area contributed by atoms with Crippen molar-refractivity contribution in [3.8, 4) is 11.5 Å². The maximum absolute atomic E-state index is 5.21. The zero-order valence-electron chi connectivity index (χ0n) is 9.37. The third-order valence-electron chi connectivity index (χ3n) is 2.11. The zero-order chi connectivity index (χ0) is 10.4. The molecule has 0 unspecified atom stereocenters. The van der Waals surface area contributed by atoms with Crippen molar-refractivity contribution in [2.75, 3.05) is 27.8 Å². The molecule has 1 aromatic rings. The lowest BCUT2D eigenvalue weighted by atomic mass is 10.1. The second-order valence-electron chi connectivity index (χ2n) is 3.04. The van der Waals surface area contributed by atoms with Crippen LogP contribution in [-0.2, 0) is 6.42 Å². The molecule has 0 spiro atoms. The molecule has 0 aromatic heterocycles. The van der Waals surface area contributed by atoms with Crippen molar-refractivity contribution in [1.29, 1.82) is 0 Å². The van der Waals surface area contributed by atoms with Gasteiger partial charge in [-0.2, -0.15) is 0 Å². The van der Waals surface area contributed by atoms with Crippen LogP contribution >= 0.6 is 17.0 Å². The molecule has 0 saturated carbocycles. The van der Waals surface area contributed by atoms with E-state index in [4.69, 9.17) is 9.47 Å². The molecule has 0 aliphatic rings. The quantitative estimate of drug-likeness (QED) is 0.892. The number of benzene rings is 1. The smallest absolute Gasteiger partial charge is 0.160 e. The molecular formula is C11H18BrNO2. The topological polar surface area (TPSA) is 30.5 Å². The maximum atomic E-state index is 5.21. The molecule has 15 heavy (non-hydrogen) atoms. The molecule has 0 aliphatic carbocycles. The van der Waals surface area contributed by atoms with Crippen LogP contribution in [0.1, 0.15) is 5.56 Å². The molecule has 0 radical (unpaired) electrons. The second-order valence-corrected chi connectivity index (χ2v) is 3.04. The van der Waals surface area contributed by atoms with Crippen molar-refractivity contribution in [2.45, 2.75) is 6.42 Å². The highest BCUT2D eigenvalue weighted by atomic mass is 79.9. The van der Waals surface area contributed by atoms with Gasteiger partial charge in [0.1, 0.15) is 0 Å². The molecule has 0 saturated heterocycles. The summed E-state index contributed by atoms with van der Waals surface area (Å²) < 4.78 is 10.4. The highest BCUT2D eigenvalue weighted by molar-refractivity contribution is 8.93. The van der Waals surface area contributed by atoms with Crippen LogP contribution in [0.25, 0.3) is 0 Å². The number of methoxy groups -OCH3 is 2. The first-order valence-corrected chi connectivity index (χ1v) is 4.67. The summed E-state index contributed by atoms with van der Waals surface area (Å²) in [6.07, 6.45) is 0.997. The van der Waals surface area contributed by atoms with Gasteiger partial charge >= 0.3 is 0 Å². The number of nitrogens with one attached hydrogen (secondary N) is 1. The first kappa shape index (κ1) is 14.3. The summed E-state index contributed by atoms with van der Waals surface area (Å²) >= 11 is 0. The van der Waals surface area contributed by atoms with Gasteiger partial charge in [0.15, 0.2) is 11.5 Å². The Morgan fingerprint density at radius 1 is 1.13 bits per heavy atom. The minimum atomic E-state index is 0. The van der Waals surface area contributed by atoms with Crippen molar-refractivity contribution < 1.29 is 9.47 Å². The summed E-state index contributed by atoms with van der Waals surface area (Å²) in [5.41, 5.74) is 1.25. The van der Waals surface area contributed by atoms with Gasteiger partial charge in [0, 0.05) is 0 Å². The molecule has 0 amide bonds. The third-order valence-corrected chi connectivity index (χ3v) is 2.11. The number of rotatable bonds is 5. The first-order chi connectivity index (χ1) is 6.81. The van der Waals surface area contributed by atoms with E-state index in [-0.39, 0.29) is 17.0 Å². The van der Waals surface area contributed by atoms with E-state index in [0.717, 1.165) is 24.5 Å². The van der Waals surface area contributed by atoms with E-state index in [0.29, 0.717) is 0 Å². The van der Waals surface area contributed by atoms with Crippen LogP contribution in [0.15, 0.2) is 18.2 Å². The van der Waals surface area contributed by atoms with Gasteiger partial charge in [-0.25, -0.2) is 0 Å². The van der Waals surface area contributed by atoms with Gasteiger partial charge in [0.2, 0.25) is 0 Å². The normalized spacial score (nSPS) is 9.27. The summed E-state index contributed by atoms with van der Waals surface area (Å²) in [5.74, 6) is 1.57. The van der Waals surface area contributed by atoms with E-state index in [1.807, 2.05) is 19.2 Å². The van der Waals surface area contributed by atoms with Gasteiger partial charge in [-0.1, -0.05) is 6.07 Å². The minimum absolute atomic E-state index is 0. The summed E-state index contributed by atoms with van der Waals surface area (Å²) in [7, 11) is 5.24. The maximum Gasteiger partial charge on any atom is 0.160 e. The molecule has 3 nitrogen and oxygen atoms in total. The monoisotopic (exact) mass is 275 g/mol. The van der Waals surface area contributed by atoms with Crippen molar-refractivity contribution in [3.63, 3.8) is 0 Å². The summed E-state index contributed by atoms with van der Waals surface area (Å²) in [4.78, 5) is 0. The predicted molar refractivity (Wildman–Crippen MR) is 67.5 cm³/mol. The van der Waals surface area contributed by atoms with Crippen LogP contribution in [0.3, 0.4) is 0 Å². The lowest BCUT2D eigenvalue weighted by Crippen LogP contribution is -2.10. The highest BCUT2D eigenvalue weighted by Gasteiger charge is 2.03. The van der Waals surface area contributed by atoms with Crippen molar-refractivity contribution in [2.24, 2.45) is 0 Å². The Bertz CT molecular complexity index is 292. The molecule has 0 heterocycles. The van der Waals surface area contributed by atoms with Crippen LogP contribution in [-0.4, -0.2) is 27.8 Å². The fourth-order valence-corrected chi connectivity index (χ4v) is 1.31. The van der Waals surface area contributed by atoms with Gasteiger partial charge in [-0.3, -0.25) is 0 Å². The molecule has 1 N–H and O–H groups in total. The lowest BCUT2D eigenvalue weighted by Gasteiger charge is -2.09. The van der Waals surface area contributed by atoms with Gasteiger partial charge in [-0.15, -0.1) is 17.0 Å². The van der Waals surface area contributed by atoms with Crippen LogP contribution in [0, 0.1) is 0 Å². The molecule has 4 heteroatoms. The molecule has 0 atom stereocenters. The SMILES string of the molecule is Br.CNCCc1ccc(OC)c(OC)c1. The second kappa shape index (κ2) is 7.54. The zero-order valence-corrected chi connectivity index (χ0v) is 11.1. The Morgan fingerprint density at radius 2 is 1.80 bits per heavy atom. The largest absolute Gasteiger partial charge is 0.493 e. The molecule has 0 bridgehead atoms. The average molecular weight is 276 g/mol. The fourth-order valence-electron chi connectivity index (χ4n) is 1.31. The lowest BCUT2D eigenvalue weighted by molar-refractivity contribution is 0.354. The van der Waals surface area contributed by atoms with E-state index in [1.165, 1.54) is 5.56 Å². The van der Waals surface area contributed by atoms with Crippen LogP contribution in [0.5, 0.6) is 11.5 Å². The number of hydrogen-bond acceptors (Lipinski definition) is 3.